The number of ether oxygens (including phenoxy) is 1. The molecule has 6 N–H and O–H groups in total. The van der Waals surface area contributed by atoms with Crippen LogP contribution in [0.5, 0.6) is 11.5 Å². The van der Waals surface area contributed by atoms with Gasteiger partial charge in [0.25, 0.3) is 0 Å². The lowest BCUT2D eigenvalue weighted by molar-refractivity contribution is -0.231. The maximum absolute atomic E-state index is 10.3. The Morgan fingerprint density at radius 1 is 0.778 bits per heavy atom. The zero-order valence-corrected chi connectivity index (χ0v) is 14.4. The minimum atomic E-state index is -1.49. The zero-order valence-electron chi connectivity index (χ0n) is 14.4. The molecular formula is C20H22O7. The molecule has 0 saturated carbocycles. The molecular weight excluding hydrogens is 352 g/mol. The molecule has 0 aromatic heterocycles. The molecule has 0 spiro atoms. The topological polar surface area (TPSA) is 131 Å². The van der Waals surface area contributed by atoms with Crippen LogP contribution < -0.4 is 0 Å². The smallest absolute Gasteiger partial charge is 0.116 e. The second-order valence-electron chi connectivity index (χ2n) is 6.53. The summed E-state index contributed by atoms with van der Waals surface area (Å²) in [6, 6.07) is 11.2. The van der Waals surface area contributed by atoms with Crippen molar-refractivity contribution < 1.29 is 35.4 Å². The molecule has 1 fully saturated rings. The van der Waals surface area contributed by atoms with Gasteiger partial charge >= 0.3 is 0 Å². The highest BCUT2D eigenvalue weighted by Crippen LogP contribution is 2.34. The second-order valence-corrected chi connectivity index (χ2v) is 6.53. The molecule has 0 aliphatic carbocycles. The summed E-state index contributed by atoms with van der Waals surface area (Å²) in [5, 5.41) is 58.7. The van der Waals surface area contributed by atoms with E-state index < -0.39 is 37.1 Å². The molecule has 5 unspecified atom stereocenters. The first-order chi connectivity index (χ1) is 12.9. The SMILES string of the molecule is OCC1OC(c2cc(O)cc(/C=C/c3ccc(O)cc3)c2)C(O)C(O)C1O. The van der Waals surface area contributed by atoms with Gasteiger partial charge < -0.3 is 35.4 Å². The number of rotatable bonds is 4. The lowest BCUT2D eigenvalue weighted by atomic mass is 9.90. The van der Waals surface area contributed by atoms with E-state index in [0.29, 0.717) is 11.1 Å². The molecule has 7 heteroatoms. The van der Waals surface area contributed by atoms with Crippen LogP contribution in [0.15, 0.2) is 42.5 Å². The number of aromatic hydroxyl groups is 2. The molecule has 1 heterocycles. The van der Waals surface area contributed by atoms with E-state index in [9.17, 15) is 30.6 Å². The van der Waals surface area contributed by atoms with Gasteiger partial charge in [0.15, 0.2) is 0 Å². The standard InChI is InChI=1S/C20H22O7/c21-10-16-17(24)18(25)19(26)20(27-16)13-7-12(8-15(23)9-13)2-1-11-3-5-14(22)6-4-11/h1-9,16-26H,10H2/b2-1+. The molecule has 1 aliphatic heterocycles. The van der Waals surface area contributed by atoms with Crippen LogP contribution in [-0.4, -0.2) is 61.7 Å². The summed E-state index contributed by atoms with van der Waals surface area (Å²) in [5.41, 5.74) is 1.86. The maximum Gasteiger partial charge on any atom is 0.116 e. The molecule has 0 radical (unpaired) electrons. The van der Waals surface area contributed by atoms with Gasteiger partial charge in [0, 0.05) is 0 Å². The molecule has 2 aromatic carbocycles. The summed E-state index contributed by atoms with van der Waals surface area (Å²) in [6.45, 7) is -0.520. The largest absolute Gasteiger partial charge is 0.508 e. The third kappa shape index (κ3) is 4.29. The van der Waals surface area contributed by atoms with Gasteiger partial charge in [-0.3, -0.25) is 0 Å². The predicted molar refractivity (Wildman–Crippen MR) is 97.9 cm³/mol. The summed E-state index contributed by atoms with van der Waals surface area (Å²) in [7, 11) is 0. The number of hydrogen-bond donors (Lipinski definition) is 6. The highest BCUT2D eigenvalue weighted by molar-refractivity contribution is 5.70. The second kappa shape index (κ2) is 8.08. The van der Waals surface area contributed by atoms with Crippen molar-refractivity contribution in [1.82, 2.24) is 0 Å². The minimum Gasteiger partial charge on any atom is -0.508 e. The van der Waals surface area contributed by atoms with Gasteiger partial charge in [0.2, 0.25) is 0 Å². The van der Waals surface area contributed by atoms with Crippen molar-refractivity contribution in [2.45, 2.75) is 30.5 Å². The van der Waals surface area contributed by atoms with Gasteiger partial charge in [-0.2, -0.15) is 0 Å². The summed E-state index contributed by atoms with van der Waals surface area (Å²) in [5.74, 6) is 0.101. The Balaban J connectivity index is 1.87. The average Bonchev–Trinajstić information content (AvgIpc) is 2.65. The van der Waals surface area contributed by atoms with Crippen LogP contribution in [-0.2, 0) is 4.74 Å². The molecule has 7 nitrogen and oxygen atoms in total. The number of aliphatic hydroxyl groups excluding tert-OH is 4. The number of hydrogen-bond acceptors (Lipinski definition) is 7. The third-order valence-corrected chi connectivity index (χ3v) is 4.54. The van der Waals surface area contributed by atoms with Crippen LogP contribution in [0.2, 0.25) is 0 Å². The Hall–Kier alpha value is -2.42. The van der Waals surface area contributed by atoms with Crippen molar-refractivity contribution in [3.05, 3.63) is 59.2 Å². The van der Waals surface area contributed by atoms with E-state index in [1.165, 1.54) is 12.1 Å². The molecule has 2 aromatic rings. The lowest BCUT2D eigenvalue weighted by Gasteiger charge is -2.40. The third-order valence-electron chi connectivity index (χ3n) is 4.54. The van der Waals surface area contributed by atoms with Crippen LogP contribution in [0.1, 0.15) is 22.8 Å². The van der Waals surface area contributed by atoms with Gasteiger partial charge in [-0.25, -0.2) is 0 Å². The first-order valence-corrected chi connectivity index (χ1v) is 8.50. The van der Waals surface area contributed by atoms with Crippen molar-refractivity contribution in [2.24, 2.45) is 0 Å². The van der Waals surface area contributed by atoms with Gasteiger partial charge in [-0.15, -0.1) is 0 Å². The Bertz CT molecular complexity index is 800. The average molecular weight is 374 g/mol. The fourth-order valence-corrected chi connectivity index (χ4v) is 3.07. The Kier molecular flexibility index (Phi) is 5.79. The monoisotopic (exact) mass is 374 g/mol. The first-order valence-electron chi connectivity index (χ1n) is 8.50. The molecule has 0 bridgehead atoms. The summed E-state index contributed by atoms with van der Waals surface area (Å²) in [4.78, 5) is 0. The van der Waals surface area contributed by atoms with Gasteiger partial charge in [0.05, 0.1) is 6.61 Å². The first kappa shape index (κ1) is 19.3. The highest BCUT2D eigenvalue weighted by atomic mass is 16.5. The van der Waals surface area contributed by atoms with Gasteiger partial charge in [0.1, 0.15) is 42.0 Å². The minimum absolute atomic E-state index is 0.0604. The van der Waals surface area contributed by atoms with Crippen LogP contribution in [0.3, 0.4) is 0 Å². The van der Waals surface area contributed by atoms with E-state index in [2.05, 4.69) is 0 Å². The molecule has 1 aliphatic rings. The maximum atomic E-state index is 10.3. The van der Waals surface area contributed by atoms with E-state index in [1.54, 1.807) is 42.5 Å². The summed E-state index contributed by atoms with van der Waals surface area (Å²) < 4.78 is 5.53. The van der Waals surface area contributed by atoms with E-state index in [0.717, 1.165) is 5.56 Å². The fraction of sp³-hybridized carbons (Fsp3) is 0.300. The highest BCUT2D eigenvalue weighted by Gasteiger charge is 2.44. The van der Waals surface area contributed by atoms with E-state index >= 15 is 0 Å². The fourth-order valence-electron chi connectivity index (χ4n) is 3.07. The summed E-state index contributed by atoms with van der Waals surface area (Å²) >= 11 is 0. The lowest BCUT2D eigenvalue weighted by Crippen LogP contribution is -2.55. The summed E-state index contributed by atoms with van der Waals surface area (Å²) in [6.07, 6.45) is -2.87. The van der Waals surface area contributed by atoms with Crippen LogP contribution in [0.4, 0.5) is 0 Å². The van der Waals surface area contributed by atoms with Gasteiger partial charge in [-0.05, 0) is 47.0 Å². The van der Waals surface area contributed by atoms with Crippen molar-refractivity contribution >= 4 is 12.2 Å². The number of phenols is 2. The molecule has 5 atom stereocenters. The number of benzene rings is 2. The zero-order chi connectivity index (χ0) is 19.6. The van der Waals surface area contributed by atoms with Crippen LogP contribution in [0.25, 0.3) is 12.2 Å². The normalized spacial score (nSPS) is 28.5. The molecule has 27 heavy (non-hydrogen) atoms. The Labute approximate surface area is 156 Å². The van der Waals surface area contributed by atoms with E-state index in [1.807, 2.05) is 0 Å². The van der Waals surface area contributed by atoms with Crippen LogP contribution in [0, 0.1) is 0 Å². The van der Waals surface area contributed by atoms with Crippen molar-refractivity contribution in [2.75, 3.05) is 6.61 Å². The van der Waals surface area contributed by atoms with Crippen LogP contribution >= 0.6 is 0 Å². The van der Waals surface area contributed by atoms with Crippen molar-refractivity contribution in [3.63, 3.8) is 0 Å². The van der Waals surface area contributed by atoms with Crippen molar-refractivity contribution in [3.8, 4) is 11.5 Å². The van der Waals surface area contributed by atoms with E-state index in [-0.39, 0.29) is 11.5 Å². The van der Waals surface area contributed by atoms with Gasteiger partial charge in [-0.1, -0.05) is 24.3 Å². The quantitative estimate of drug-likeness (QED) is 0.436. The molecule has 0 amide bonds. The molecule has 3 rings (SSSR count). The molecule has 1 saturated heterocycles. The number of phenolic OH excluding ortho intramolecular Hbond substituents is 2. The Morgan fingerprint density at radius 2 is 1.44 bits per heavy atom. The van der Waals surface area contributed by atoms with E-state index in [4.69, 9.17) is 4.74 Å². The molecule has 144 valence electrons. The Morgan fingerprint density at radius 3 is 2.11 bits per heavy atom. The van der Waals surface area contributed by atoms with Crippen molar-refractivity contribution in [1.29, 1.82) is 0 Å². The predicted octanol–water partition coefficient (Wildman–Crippen LogP) is 0.783. The number of aliphatic hydroxyl groups is 4.